The van der Waals surface area contributed by atoms with Crippen molar-refractivity contribution in [3.8, 4) is 11.5 Å². The Bertz CT molecular complexity index is 765. The molecule has 24 heavy (non-hydrogen) atoms. The summed E-state index contributed by atoms with van der Waals surface area (Å²) >= 11 is 0. The second kappa shape index (κ2) is 6.70. The fourth-order valence-corrected chi connectivity index (χ4v) is 2.72. The largest absolute Gasteiger partial charge is 0.493 e. The lowest BCUT2D eigenvalue weighted by atomic mass is 9.93. The van der Waals surface area contributed by atoms with Gasteiger partial charge in [0.1, 0.15) is 5.84 Å². The maximum absolute atomic E-state index is 12.6. The molecule has 2 atom stereocenters. The molecule has 0 spiro atoms. The number of aliphatic imine (C=N–C) groups is 1. The average molecular weight is 325 g/mol. The Morgan fingerprint density at radius 1 is 1.17 bits per heavy atom. The lowest BCUT2D eigenvalue weighted by molar-refractivity contribution is -0.131. The maximum atomic E-state index is 12.6. The third-order valence-corrected chi connectivity index (χ3v) is 3.97. The molecule has 6 heteroatoms. The highest BCUT2D eigenvalue weighted by Gasteiger charge is 2.35. The topological polar surface area (TPSA) is 63.5 Å². The smallest absolute Gasteiger partial charge is 0.257 e. The normalized spacial score (nSPS) is 22.5. The van der Waals surface area contributed by atoms with Crippen LogP contribution in [0.5, 0.6) is 11.5 Å². The van der Waals surface area contributed by atoms with Crippen molar-refractivity contribution < 1.29 is 14.3 Å². The first-order chi connectivity index (χ1) is 11.6. The Balaban J connectivity index is 1.85. The van der Waals surface area contributed by atoms with Crippen LogP contribution in [0, 0.1) is 5.92 Å². The van der Waals surface area contributed by atoms with E-state index in [1.54, 1.807) is 39.5 Å². The van der Waals surface area contributed by atoms with Gasteiger partial charge in [-0.15, -0.1) is 0 Å². The minimum atomic E-state index is -0.291. The van der Waals surface area contributed by atoms with Crippen LogP contribution in [-0.2, 0) is 4.79 Å². The third-order valence-electron chi connectivity index (χ3n) is 3.97. The van der Waals surface area contributed by atoms with Crippen molar-refractivity contribution in [3.63, 3.8) is 0 Å². The van der Waals surface area contributed by atoms with Gasteiger partial charge in [-0.25, -0.2) is 0 Å². The lowest BCUT2D eigenvalue weighted by Crippen LogP contribution is -2.44. The van der Waals surface area contributed by atoms with Gasteiger partial charge in [0.05, 0.1) is 32.4 Å². The molecule has 1 aromatic carbocycles. The zero-order valence-corrected chi connectivity index (χ0v) is 13.8. The molecule has 1 amide bonds. The maximum Gasteiger partial charge on any atom is 0.257 e. The zero-order chi connectivity index (χ0) is 17.1. The number of methoxy groups -OCH3 is 2. The van der Waals surface area contributed by atoms with Crippen molar-refractivity contribution in [3.05, 3.63) is 48.1 Å². The molecule has 2 aliphatic rings. The van der Waals surface area contributed by atoms with Gasteiger partial charge in [0, 0.05) is 0 Å². The van der Waals surface area contributed by atoms with Crippen LogP contribution in [0.15, 0.2) is 52.6 Å². The molecule has 124 valence electrons. The van der Waals surface area contributed by atoms with Crippen molar-refractivity contribution in [2.24, 2.45) is 16.0 Å². The van der Waals surface area contributed by atoms with Crippen molar-refractivity contribution in [1.29, 1.82) is 0 Å². The highest BCUT2D eigenvalue weighted by molar-refractivity contribution is 6.02. The highest BCUT2D eigenvalue weighted by atomic mass is 16.5. The fourth-order valence-electron chi connectivity index (χ4n) is 2.72. The molecule has 1 aromatic rings. The standard InChI is InChI=1S/C18H19N3O3/c1-12-20-15-7-5-4-6-14(15)18(22)21(12)19-11-13-8-9-16(23-2)17(10-13)24-3/h4-11,14-15H,1-3H3/t14-,15+/m0/s1. The number of hydrogen-bond donors (Lipinski definition) is 0. The number of carbonyl (C=O) groups is 1. The molecule has 1 aliphatic carbocycles. The highest BCUT2D eigenvalue weighted by Crippen LogP contribution is 2.27. The number of rotatable bonds is 4. The van der Waals surface area contributed by atoms with E-state index >= 15 is 0 Å². The van der Waals surface area contributed by atoms with Crippen LogP contribution in [0.3, 0.4) is 0 Å². The molecular formula is C18H19N3O3. The summed E-state index contributed by atoms with van der Waals surface area (Å²) in [6.07, 6.45) is 9.18. The van der Waals surface area contributed by atoms with Crippen molar-refractivity contribution in [2.75, 3.05) is 14.2 Å². The summed E-state index contributed by atoms with van der Waals surface area (Å²) in [5, 5.41) is 5.66. The van der Waals surface area contributed by atoms with Crippen LogP contribution < -0.4 is 9.47 Å². The second-order valence-electron chi connectivity index (χ2n) is 5.47. The Hall–Kier alpha value is -2.89. The Labute approximate surface area is 140 Å². The number of benzene rings is 1. The number of carbonyl (C=O) groups excluding carboxylic acids is 1. The summed E-state index contributed by atoms with van der Waals surface area (Å²) in [6.45, 7) is 1.78. The van der Waals surface area contributed by atoms with Crippen LogP contribution in [0.25, 0.3) is 0 Å². The van der Waals surface area contributed by atoms with Crippen LogP contribution >= 0.6 is 0 Å². The number of allylic oxidation sites excluding steroid dienone is 2. The predicted molar refractivity (Wildman–Crippen MR) is 92.7 cm³/mol. The number of fused-ring (bicyclic) bond motifs is 1. The molecule has 0 radical (unpaired) electrons. The van der Waals surface area contributed by atoms with Gasteiger partial charge in [0.15, 0.2) is 11.5 Å². The lowest BCUT2D eigenvalue weighted by Gasteiger charge is -2.30. The van der Waals surface area contributed by atoms with E-state index in [9.17, 15) is 4.79 Å². The molecule has 1 aliphatic heterocycles. The number of nitrogens with zero attached hydrogens (tertiary/aromatic N) is 3. The molecular weight excluding hydrogens is 306 g/mol. The van der Waals surface area contributed by atoms with Crippen molar-refractivity contribution in [2.45, 2.75) is 13.0 Å². The molecule has 0 aromatic heterocycles. The van der Waals surface area contributed by atoms with E-state index in [0.717, 1.165) is 5.56 Å². The van der Waals surface area contributed by atoms with Crippen LogP contribution in [0.1, 0.15) is 12.5 Å². The van der Waals surface area contributed by atoms with Gasteiger partial charge in [0.25, 0.3) is 5.91 Å². The van der Waals surface area contributed by atoms with Crippen LogP contribution in [-0.4, -0.2) is 43.2 Å². The number of amides is 1. The monoisotopic (exact) mass is 325 g/mol. The van der Waals surface area contributed by atoms with Crippen molar-refractivity contribution in [1.82, 2.24) is 5.01 Å². The van der Waals surface area contributed by atoms with Gasteiger partial charge < -0.3 is 9.47 Å². The van der Waals surface area contributed by atoms with E-state index in [2.05, 4.69) is 10.1 Å². The summed E-state index contributed by atoms with van der Waals surface area (Å²) in [6, 6.07) is 5.31. The summed E-state index contributed by atoms with van der Waals surface area (Å²) in [5.74, 6) is 1.46. The van der Waals surface area contributed by atoms with E-state index < -0.39 is 0 Å². The molecule has 6 nitrogen and oxygen atoms in total. The van der Waals surface area contributed by atoms with Gasteiger partial charge in [-0.2, -0.15) is 10.1 Å². The van der Waals surface area contributed by atoms with Crippen molar-refractivity contribution >= 4 is 18.0 Å². The summed E-state index contributed by atoms with van der Waals surface area (Å²) < 4.78 is 10.5. The minimum Gasteiger partial charge on any atom is -0.493 e. The number of hydrazone groups is 1. The Kier molecular flexibility index (Phi) is 4.46. The summed E-state index contributed by atoms with van der Waals surface area (Å²) in [4.78, 5) is 17.2. The fraction of sp³-hybridized carbons (Fsp3) is 0.278. The molecule has 1 heterocycles. The quantitative estimate of drug-likeness (QED) is 0.799. The molecule has 0 N–H and O–H groups in total. The van der Waals surface area contributed by atoms with E-state index in [0.29, 0.717) is 17.3 Å². The first-order valence-electron chi connectivity index (χ1n) is 7.63. The van der Waals surface area contributed by atoms with Gasteiger partial charge >= 0.3 is 0 Å². The number of amidine groups is 1. The summed E-state index contributed by atoms with van der Waals surface area (Å²) in [7, 11) is 3.16. The molecule has 3 rings (SSSR count). The number of hydrogen-bond acceptors (Lipinski definition) is 5. The van der Waals surface area contributed by atoms with Gasteiger partial charge in [-0.3, -0.25) is 9.79 Å². The summed E-state index contributed by atoms with van der Waals surface area (Å²) in [5.41, 5.74) is 0.800. The van der Waals surface area contributed by atoms with Gasteiger partial charge in [-0.05, 0) is 30.7 Å². The Morgan fingerprint density at radius 3 is 2.67 bits per heavy atom. The van der Waals surface area contributed by atoms with E-state index in [1.807, 2.05) is 30.4 Å². The molecule has 0 saturated heterocycles. The average Bonchev–Trinajstić information content (AvgIpc) is 2.61. The molecule has 0 bridgehead atoms. The predicted octanol–water partition coefficient (Wildman–Crippen LogP) is 2.41. The number of ether oxygens (including phenoxy) is 2. The van der Waals surface area contributed by atoms with E-state index in [-0.39, 0.29) is 17.9 Å². The SMILES string of the molecule is COc1ccc(C=NN2C(=O)[C@H]3C=CC=C[C@H]3N=C2C)cc1OC. The second-order valence-corrected chi connectivity index (χ2v) is 5.47. The minimum absolute atomic E-state index is 0.0789. The van der Waals surface area contributed by atoms with Crippen LogP contribution in [0.2, 0.25) is 0 Å². The molecule has 0 saturated carbocycles. The van der Waals surface area contributed by atoms with Crippen LogP contribution in [0.4, 0.5) is 0 Å². The van der Waals surface area contributed by atoms with E-state index in [4.69, 9.17) is 9.47 Å². The molecule has 0 fully saturated rings. The van der Waals surface area contributed by atoms with Gasteiger partial charge in [0.2, 0.25) is 0 Å². The first-order valence-corrected chi connectivity index (χ1v) is 7.63. The Morgan fingerprint density at radius 2 is 1.92 bits per heavy atom. The molecule has 0 unspecified atom stereocenters. The van der Waals surface area contributed by atoms with Gasteiger partial charge in [-0.1, -0.05) is 24.3 Å². The van der Waals surface area contributed by atoms with E-state index in [1.165, 1.54) is 5.01 Å². The zero-order valence-electron chi connectivity index (χ0n) is 13.8. The third kappa shape index (κ3) is 2.95. The first kappa shape index (κ1) is 16.0.